The number of benzene rings is 1. The monoisotopic (exact) mass is 318 g/mol. The lowest BCUT2D eigenvalue weighted by Crippen LogP contribution is -2.44. The number of hydrogen-bond acceptors (Lipinski definition) is 5. The van der Waals surface area contributed by atoms with Crippen LogP contribution in [0.2, 0.25) is 0 Å². The third kappa shape index (κ3) is 3.23. The molecule has 0 aliphatic carbocycles. The first-order chi connectivity index (χ1) is 10.1. The van der Waals surface area contributed by atoms with Gasteiger partial charge in [0.2, 0.25) is 5.79 Å². The normalized spacial score (nSPS) is 23.2. The Balaban J connectivity index is 2.33. The van der Waals surface area contributed by atoms with Crippen LogP contribution >= 0.6 is 0 Å². The Bertz CT molecular complexity index is 654. The average molecular weight is 318 g/mol. The predicted molar refractivity (Wildman–Crippen MR) is 66.9 cm³/mol. The van der Waals surface area contributed by atoms with E-state index in [2.05, 4.69) is 0 Å². The van der Waals surface area contributed by atoms with Crippen molar-refractivity contribution in [3.8, 4) is 0 Å². The molecule has 1 unspecified atom stereocenters. The van der Waals surface area contributed by atoms with Crippen molar-refractivity contribution in [2.45, 2.75) is 32.3 Å². The largest absolute Gasteiger partial charge is 0.511 e. The molecular formula is C14H13F3O5. The van der Waals surface area contributed by atoms with E-state index in [0.717, 1.165) is 0 Å². The number of ether oxygens (including phenoxy) is 2. The van der Waals surface area contributed by atoms with E-state index in [1.54, 1.807) is 0 Å². The zero-order chi connectivity index (χ0) is 16.7. The van der Waals surface area contributed by atoms with Crippen molar-refractivity contribution in [3.05, 3.63) is 46.5 Å². The SMILES string of the molecule is CC1(C)OC(=O)/C(=C(\O)Cc2cc(F)c(F)cc2F)C(O)O1. The van der Waals surface area contributed by atoms with Gasteiger partial charge in [0.1, 0.15) is 17.1 Å². The number of hydrogen-bond donors (Lipinski definition) is 2. The fourth-order valence-corrected chi connectivity index (χ4v) is 1.97. The van der Waals surface area contributed by atoms with Gasteiger partial charge in [-0.15, -0.1) is 0 Å². The molecule has 120 valence electrons. The summed E-state index contributed by atoms with van der Waals surface area (Å²) < 4.78 is 49.2. The number of cyclic esters (lactones) is 1. The maximum atomic E-state index is 13.5. The molecule has 1 saturated heterocycles. The third-order valence-electron chi connectivity index (χ3n) is 2.96. The van der Waals surface area contributed by atoms with Crippen molar-refractivity contribution in [1.82, 2.24) is 0 Å². The van der Waals surface area contributed by atoms with Crippen molar-refractivity contribution in [2.24, 2.45) is 0 Å². The Morgan fingerprint density at radius 2 is 1.82 bits per heavy atom. The van der Waals surface area contributed by atoms with E-state index in [4.69, 9.17) is 9.47 Å². The maximum Gasteiger partial charge on any atom is 0.345 e. The lowest BCUT2D eigenvalue weighted by Gasteiger charge is -2.34. The minimum absolute atomic E-state index is 0.317. The molecule has 1 aromatic carbocycles. The van der Waals surface area contributed by atoms with Gasteiger partial charge in [-0.1, -0.05) is 0 Å². The second kappa shape index (κ2) is 5.62. The molecule has 0 aromatic heterocycles. The molecule has 1 aromatic rings. The standard InChI is InChI=1S/C14H13F3O5/c1-14(2)21-12(19)11(13(20)22-14)10(18)4-6-3-8(16)9(17)5-7(6)15/h3,5,12,18-19H,4H2,1-2H3/b11-10-. The smallest absolute Gasteiger partial charge is 0.345 e. The molecule has 2 rings (SSSR count). The summed E-state index contributed by atoms with van der Waals surface area (Å²) in [6.45, 7) is 2.74. The number of esters is 1. The number of carbonyl (C=O) groups is 1. The summed E-state index contributed by atoms with van der Waals surface area (Å²) in [6.07, 6.45) is -2.43. The summed E-state index contributed by atoms with van der Waals surface area (Å²) in [4.78, 5) is 11.8. The van der Waals surface area contributed by atoms with Crippen LogP contribution in [0, 0.1) is 17.5 Å². The van der Waals surface area contributed by atoms with E-state index in [1.807, 2.05) is 0 Å². The third-order valence-corrected chi connectivity index (χ3v) is 2.96. The van der Waals surface area contributed by atoms with Crippen molar-refractivity contribution in [3.63, 3.8) is 0 Å². The Morgan fingerprint density at radius 1 is 1.23 bits per heavy atom. The van der Waals surface area contributed by atoms with Crippen LogP contribution in [0.5, 0.6) is 0 Å². The molecular weight excluding hydrogens is 305 g/mol. The Morgan fingerprint density at radius 3 is 2.41 bits per heavy atom. The lowest BCUT2D eigenvalue weighted by molar-refractivity contribution is -0.280. The molecule has 0 amide bonds. The molecule has 0 bridgehead atoms. The number of rotatable bonds is 2. The highest BCUT2D eigenvalue weighted by molar-refractivity contribution is 5.90. The van der Waals surface area contributed by atoms with E-state index < -0.39 is 58.8 Å². The van der Waals surface area contributed by atoms with E-state index >= 15 is 0 Å². The molecule has 1 aliphatic heterocycles. The van der Waals surface area contributed by atoms with Gasteiger partial charge >= 0.3 is 5.97 Å². The van der Waals surface area contributed by atoms with Crippen LogP contribution in [0.4, 0.5) is 13.2 Å². The summed E-state index contributed by atoms with van der Waals surface area (Å²) in [5, 5.41) is 19.6. The van der Waals surface area contributed by atoms with E-state index in [-0.39, 0.29) is 0 Å². The summed E-state index contributed by atoms with van der Waals surface area (Å²) in [7, 11) is 0. The summed E-state index contributed by atoms with van der Waals surface area (Å²) in [6, 6.07) is 0.866. The van der Waals surface area contributed by atoms with Gasteiger partial charge in [0, 0.05) is 26.3 Å². The second-order valence-corrected chi connectivity index (χ2v) is 5.15. The molecule has 0 spiro atoms. The van der Waals surface area contributed by atoms with Gasteiger partial charge in [-0.2, -0.15) is 0 Å². The quantitative estimate of drug-likeness (QED) is 0.378. The van der Waals surface area contributed by atoms with Crippen LogP contribution < -0.4 is 0 Å². The molecule has 2 N–H and O–H groups in total. The highest BCUT2D eigenvalue weighted by Gasteiger charge is 2.40. The van der Waals surface area contributed by atoms with Crippen molar-refractivity contribution in [2.75, 3.05) is 0 Å². The fraction of sp³-hybridized carbons (Fsp3) is 0.357. The van der Waals surface area contributed by atoms with Crippen LogP contribution in [0.15, 0.2) is 23.5 Å². The van der Waals surface area contributed by atoms with Crippen LogP contribution in [0.1, 0.15) is 19.4 Å². The lowest BCUT2D eigenvalue weighted by atomic mass is 10.0. The second-order valence-electron chi connectivity index (χ2n) is 5.15. The topological polar surface area (TPSA) is 76.0 Å². The number of carbonyl (C=O) groups excluding carboxylic acids is 1. The van der Waals surface area contributed by atoms with Gasteiger partial charge in [-0.05, 0) is 11.6 Å². The molecule has 8 heteroatoms. The number of aliphatic hydroxyl groups is 2. The molecule has 1 aliphatic rings. The van der Waals surface area contributed by atoms with Crippen LogP contribution in [0.25, 0.3) is 0 Å². The van der Waals surface area contributed by atoms with E-state index in [1.165, 1.54) is 13.8 Å². The van der Waals surface area contributed by atoms with Crippen molar-refractivity contribution >= 4 is 5.97 Å². The van der Waals surface area contributed by atoms with Crippen molar-refractivity contribution < 1.29 is 37.7 Å². The first-order valence-electron chi connectivity index (χ1n) is 6.25. The summed E-state index contributed by atoms with van der Waals surface area (Å²) >= 11 is 0. The number of allylic oxidation sites excluding steroid dienone is 1. The van der Waals surface area contributed by atoms with E-state index in [0.29, 0.717) is 12.1 Å². The van der Waals surface area contributed by atoms with Gasteiger partial charge in [0.15, 0.2) is 17.9 Å². The van der Waals surface area contributed by atoms with Gasteiger partial charge in [-0.25, -0.2) is 18.0 Å². The molecule has 1 fully saturated rings. The molecule has 1 heterocycles. The molecule has 1 atom stereocenters. The van der Waals surface area contributed by atoms with Gasteiger partial charge in [0.05, 0.1) is 0 Å². The number of halogens is 3. The zero-order valence-electron chi connectivity index (χ0n) is 11.7. The minimum atomic E-state index is -1.79. The van der Waals surface area contributed by atoms with Gasteiger partial charge in [-0.3, -0.25) is 0 Å². The molecule has 0 saturated carbocycles. The Kier molecular flexibility index (Phi) is 4.17. The highest BCUT2D eigenvalue weighted by Crippen LogP contribution is 2.28. The average Bonchev–Trinajstić information content (AvgIpc) is 2.33. The molecule has 22 heavy (non-hydrogen) atoms. The molecule has 5 nitrogen and oxygen atoms in total. The molecule has 0 radical (unpaired) electrons. The summed E-state index contributed by atoms with van der Waals surface area (Å²) in [5.41, 5.74) is -1.02. The first kappa shape index (κ1) is 16.3. The predicted octanol–water partition coefficient (Wildman–Crippen LogP) is 2.09. The Labute approximate surface area is 123 Å². The van der Waals surface area contributed by atoms with E-state index in [9.17, 15) is 28.2 Å². The first-order valence-corrected chi connectivity index (χ1v) is 6.25. The fourth-order valence-electron chi connectivity index (χ4n) is 1.97. The van der Waals surface area contributed by atoms with Crippen LogP contribution in [-0.4, -0.2) is 28.3 Å². The minimum Gasteiger partial charge on any atom is -0.511 e. The van der Waals surface area contributed by atoms with Gasteiger partial charge < -0.3 is 19.7 Å². The Hall–Kier alpha value is -2.06. The van der Waals surface area contributed by atoms with Crippen LogP contribution in [0.3, 0.4) is 0 Å². The maximum absolute atomic E-state index is 13.5. The van der Waals surface area contributed by atoms with Crippen LogP contribution in [-0.2, 0) is 20.7 Å². The zero-order valence-corrected chi connectivity index (χ0v) is 11.7. The summed E-state index contributed by atoms with van der Waals surface area (Å²) in [5.74, 6) is -7.00. The highest BCUT2D eigenvalue weighted by atomic mass is 19.2. The van der Waals surface area contributed by atoms with Gasteiger partial charge in [0.25, 0.3) is 0 Å². The van der Waals surface area contributed by atoms with Crippen molar-refractivity contribution in [1.29, 1.82) is 0 Å². The number of aliphatic hydroxyl groups excluding tert-OH is 2.